The van der Waals surface area contributed by atoms with Crippen molar-refractivity contribution in [2.45, 2.75) is 17.6 Å². The van der Waals surface area contributed by atoms with Crippen LogP contribution in [0.5, 0.6) is 11.5 Å². The Hall–Kier alpha value is -2.01. The standard InChI is InChI=1S/C21H19IO2/c22-14-19-11-12-20(23-15-17-7-3-1-4-8-17)21(13-19)24-16-18-9-5-2-6-10-18/h1-13H,14-16H2. The number of hydrogen-bond donors (Lipinski definition) is 0. The molecule has 3 aromatic rings. The third kappa shape index (κ3) is 4.74. The van der Waals surface area contributed by atoms with Crippen LogP contribution in [-0.2, 0) is 17.6 Å². The molecule has 0 unspecified atom stereocenters. The smallest absolute Gasteiger partial charge is 0.162 e. The molecule has 0 amide bonds. The lowest BCUT2D eigenvalue weighted by molar-refractivity contribution is 0.256. The van der Waals surface area contributed by atoms with Gasteiger partial charge in [0.25, 0.3) is 0 Å². The van der Waals surface area contributed by atoms with Gasteiger partial charge in [0.15, 0.2) is 11.5 Å². The molecule has 3 rings (SSSR count). The average molecular weight is 430 g/mol. The predicted molar refractivity (Wildman–Crippen MR) is 106 cm³/mol. The van der Waals surface area contributed by atoms with Gasteiger partial charge in [-0.1, -0.05) is 89.3 Å². The Bertz CT molecular complexity index is 757. The van der Waals surface area contributed by atoms with Crippen LogP contribution in [0, 0.1) is 0 Å². The summed E-state index contributed by atoms with van der Waals surface area (Å²) in [4.78, 5) is 0. The molecule has 24 heavy (non-hydrogen) atoms. The van der Waals surface area contributed by atoms with Gasteiger partial charge in [-0.15, -0.1) is 0 Å². The number of hydrogen-bond acceptors (Lipinski definition) is 2. The van der Waals surface area contributed by atoms with Crippen molar-refractivity contribution in [3.63, 3.8) is 0 Å². The van der Waals surface area contributed by atoms with E-state index in [2.05, 4.69) is 59.0 Å². The van der Waals surface area contributed by atoms with Gasteiger partial charge in [0.2, 0.25) is 0 Å². The van der Waals surface area contributed by atoms with Crippen LogP contribution in [0.15, 0.2) is 78.9 Å². The molecule has 0 atom stereocenters. The van der Waals surface area contributed by atoms with Crippen LogP contribution in [0.1, 0.15) is 16.7 Å². The molecule has 0 saturated carbocycles. The van der Waals surface area contributed by atoms with Gasteiger partial charge in [0.1, 0.15) is 13.2 Å². The van der Waals surface area contributed by atoms with Gasteiger partial charge in [-0.25, -0.2) is 0 Å². The minimum atomic E-state index is 0.534. The fourth-order valence-electron chi connectivity index (χ4n) is 2.34. The molecule has 122 valence electrons. The maximum absolute atomic E-state index is 6.03. The number of alkyl halides is 1. The quantitative estimate of drug-likeness (QED) is 0.350. The highest BCUT2D eigenvalue weighted by molar-refractivity contribution is 14.1. The molecule has 0 heterocycles. The molecule has 0 aromatic heterocycles. The Balaban J connectivity index is 1.72. The van der Waals surface area contributed by atoms with Crippen molar-refractivity contribution >= 4 is 22.6 Å². The maximum Gasteiger partial charge on any atom is 0.162 e. The van der Waals surface area contributed by atoms with Gasteiger partial charge in [-0.2, -0.15) is 0 Å². The molecule has 0 aliphatic carbocycles. The Labute approximate surface area is 156 Å². The van der Waals surface area contributed by atoms with E-state index in [1.807, 2.05) is 42.5 Å². The first-order chi connectivity index (χ1) is 11.8. The zero-order chi connectivity index (χ0) is 16.6. The van der Waals surface area contributed by atoms with Crippen LogP contribution in [0.3, 0.4) is 0 Å². The van der Waals surface area contributed by atoms with Crippen LogP contribution >= 0.6 is 22.6 Å². The Morgan fingerprint density at radius 1 is 0.583 bits per heavy atom. The molecule has 0 N–H and O–H groups in total. The van der Waals surface area contributed by atoms with E-state index < -0.39 is 0 Å². The molecular formula is C21H19IO2. The molecule has 0 aliphatic heterocycles. The third-order valence-electron chi connectivity index (χ3n) is 3.64. The van der Waals surface area contributed by atoms with E-state index >= 15 is 0 Å². The van der Waals surface area contributed by atoms with Crippen LogP contribution in [0.4, 0.5) is 0 Å². The summed E-state index contributed by atoms with van der Waals surface area (Å²) < 4.78 is 13.0. The van der Waals surface area contributed by atoms with E-state index in [0.717, 1.165) is 27.1 Å². The van der Waals surface area contributed by atoms with Crippen molar-refractivity contribution in [2.75, 3.05) is 0 Å². The molecule has 0 spiro atoms. The highest BCUT2D eigenvalue weighted by atomic mass is 127. The largest absolute Gasteiger partial charge is 0.485 e. The van der Waals surface area contributed by atoms with E-state index in [4.69, 9.17) is 9.47 Å². The molecule has 3 aromatic carbocycles. The summed E-state index contributed by atoms with van der Waals surface area (Å²) in [6.07, 6.45) is 0. The number of ether oxygens (including phenoxy) is 2. The first-order valence-electron chi connectivity index (χ1n) is 7.87. The second kappa shape index (κ2) is 8.73. The molecule has 0 aliphatic rings. The van der Waals surface area contributed by atoms with Gasteiger partial charge in [-0.05, 0) is 28.8 Å². The number of halogens is 1. The molecule has 0 fully saturated rings. The minimum absolute atomic E-state index is 0.534. The van der Waals surface area contributed by atoms with E-state index in [9.17, 15) is 0 Å². The molecule has 0 radical (unpaired) electrons. The monoisotopic (exact) mass is 430 g/mol. The van der Waals surface area contributed by atoms with Crippen molar-refractivity contribution in [3.05, 3.63) is 95.6 Å². The Morgan fingerprint density at radius 2 is 1.12 bits per heavy atom. The Morgan fingerprint density at radius 3 is 1.67 bits per heavy atom. The molecule has 0 saturated heterocycles. The second-order valence-electron chi connectivity index (χ2n) is 5.46. The van der Waals surface area contributed by atoms with E-state index in [1.54, 1.807) is 0 Å². The van der Waals surface area contributed by atoms with Crippen LogP contribution in [0.2, 0.25) is 0 Å². The van der Waals surface area contributed by atoms with E-state index in [0.29, 0.717) is 13.2 Å². The zero-order valence-corrected chi connectivity index (χ0v) is 15.5. The van der Waals surface area contributed by atoms with E-state index in [-0.39, 0.29) is 0 Å². The molecule has 3 heteroatoms. The Kier molecular flexibility index (Phi) is 6.13. The maximum atomic E-state index is 6.03. The summed E-state index contributed by atoms with van der Waals surface area (Å²) >= 11 is 2.36. The summed E-state index contributed by atoms with van der Waals surface area (Å²) in [5, 5.41) is 0. The normalized spacial score (nSPS) is 10.4. The van der Waals surface area contributed by atoms with Crippen molar-refractivity contribution in [2.24, 2.45) is 0 Å². The topological polar surface area (TPSA) is 18.5 Å². The number of benzene rings is 3. The predicted octanol–water partition coefficient (Wildman–Crippen LogP) is 5.78. The SMILES string of the molecule is ICc1ccc(OCc2ccccc2)c(OCc2ccccc2)c1. The summed E-state index contributed by atoms with van der Waals surface area (Å²) in [6.45, 7) is 1.07. The van der Waals surface area contributed by atoms with Crippen molar-refractivity contribution < 1.29 is 9.47 Å². The van der Waals surface area contributed by atoms with Crippen molar-refractivity contribution in [1.82, 2.24) is 0 Å². The molecular weight excluding hydrogens is 411 g/mol. The van der Waals surface area contributed by atoms with Gasteiger partial charge < -0.3 is 9.47 Å². The number of rotatable bonds is 7. The fraction of sp³-hybridized carbons (Fsp3) is 0.143. The van der Waals surface area contributed by atoms with Gasteiger partial charge in [-0.3, -0.25) is 0 Å². The lowest BCUT2D eigenvalue weighted by Crippen LogP contribution is -2.01. The molecule has 0 bridgehead atoms. The summed E-state index contributed by atoms with van der Waals surface area (Å²) in [5.41, 5.74) is 3.52. The highest BCUT2D eigenvalue weighted by Crippen LogP contribution is 2.30. The second-order valence-corrected chi connectivity index (χ2v) is 6.23. The van der Waals surface area contributed by atoms with Crippen molar-refractivity contribution in [3.8, 4) is 11.5 Å². The lowest BCUT2D eigenvalue weighted by Gasteiger charge is -2.14. The highest BCUT2D eigenvalue weighted by Gasteiger charge is 2.08. The first kappa shape index (κ1) is 16.8. The first-order valence-corrected chi connectivity index (χ1v) is 9.40. The third-order valence-corrected chi connectivity index (χ3v) is 4.52. The average Bonchev–Trinajstić information content (AvgIpc) is 2.66. The minimum Gasteiger partial charge on any atom is -0.485 e. The van der Waals surface area contributed by atoms with Crippen LogP contribution in [-0.4, -0.2) is 0 Å². The van der Waals surface area contributed by atoms with Gasteiger partial charge in [0.05, 0.1) is 0 Å². The van der Waals surface area contributed by atoms with Gasteiger partial charge >= 0.3 is 0 Å². The van der Waals surface area contributed by atoms with Crippen LogP contribution in [0.25, 0.3) is 0 Å². The van der Waals surface area contributed by atoms with Crippen molar-refractivity contribution in [1.29, 1.82) is 0 Å². The summed E-state index contributed by atoms with van der Waals surface area (Å²) in [7, 11) is 0. The fourth-order valence-corrected chi connectivity index (χ4v) is 2.81. The van der Waals surface area contributed by atoms with E-state index in [1.165, 1.54) is 5.56 Å². The molecule has 2 nitrogen and oxygen atoms in total. The summed E-state index contributed by atoms with van der Waals surface area (Å²) in [5.74, 6) is 1.58. The lowest BCUT2D eigenvalue weighted by atomic mass is 10.2. The van der Waals surface area contributed by atoms with Gasteiger partial charge in [0, 0.05) is 4.43 Å². The zero-order valence-electron chi connectivity index (χ0n) is 13.3. The van der Waals surface area contributed by atoms with Crippen LogP contribution < -0.4 is 9.47 Å². The summed E-state index contributed by atoms with van der Waals surface area (Å²) in [6, 6.07) is 26.5.